The first-order valence-electron chi connectivity index (χ1n) is 4.72. The normalized spacial score (nSPS) is 10.7. The van der Waals surface area contributed by atoms with E-state index in [0.717, 1.165) is 4.57 Å². The van der Waals surface area contributed by atoms with Crippen molar-refractivity contribution in [2.24, 2.45) is 0 Å². The Bertz CT molecular complexity index is 435. The maximum absolute atomic E-state index is 11.6. The van der Waals surface area contributed by atoms with Crippen molar-refractivity contribution in [3.8, 4) is 0 Å². The lowest BCUT2D eigenvalue weighted by molar-refractivity contribution is -0.137. The second-order valence-electron chi connectivity index (χ2n) is 3.70. The first-order valence-corrected chi connectivity index (χ1v) is 4.72. The third-order valence-corrected chi connectivity index (χ3v) is 2.10. The van der Waals surface area contributed by atoms with Crippen LogP contribution in [0.3, 0.4) is 0 Å². The summed E-state index contributed by atoms with van der Waals surface area (Å²) in [5.74, 6) is -0.441. The van der Waals surface area contributed by atoms with Crippen molar-refractivity contribution in [3.05, 3.63) is 27.9 Å². The zero-order valence-corrected chi connectivity index (χ0v) is 9.02. The summed E-state index contributed by atoms with van der Waals surface area (Å²) in [5.41, 5.74) is 0.382. The van der Waals surface area contributed by atoms with Crippen LogP contribution in [0.4, 0.5) is 0 Å². The number of aromatic nitrogens is 2. The summed E-state index contributed by atoms with van der Waals surface area (Å²) < 4.78 is 1.15. The highest BCUT2D eigenvalue weighted by atomic mass is 16.4. The number of carboxylic acid groups (broad SMARTS) is 1. The van der Waals surface area contributed by atoms with E-state index in [9.17, 15) is 9.59 Å². The van der Waals surface area contributed by atoms with Gasteiger partial charge in [-0.3, -0.25) is 14.2 Å². The minimum atomic E-state index is -1.04. The summed E-state index contributed by atoms with van der Waals surface area (Å²) in [5, 5.41) is 8.61. The van der Waals surface area contributed by atoms with Gasteiger partial charge in [0.05, 0.1) is 5.69 Å². The number of rotatable bonds is 3. The second kappa shape index (κ2) is 4.25. The third kappa shape index (κ3) is 2.65. The highest BCUT2D eigenvalue weighted by Crippen LogP contribution is 2.08. The molecule has 0 aliphatic carbocycles. The van der Waals surface area contributed by atoms with E-state index >= 15 is 0 Å². The van der Waals surface area contributed by atoms with E-state index in [0.29, 0.717) is 11.5 Å². The van der Waals surface area contributed by atoms with Crippen LogP contribution in [0.2, 0.25) is 0 Å². The van der Waals surface area contributed by atoms with E-state index in [4.69, 9.17) is 5.11 Å². The number of hydrogen-bond donors (Lipinski definition) is 1. The molecule has 0 spiro atoms. The number of nitrogens with zero attached hydrogens (tertiary/aromatic N) is 2. The van der Waals surface area contributed by atoms with Gasteiger partial charge in [0, 0.05) is 6.07 Å². The van der Waals surface area contributed by atoms with Crippen LogP contribution < -0.4 is 5.56 Å². The van der Waals surface area contributed by atoms with Gasteiger partial charge in [0.25, 0.3) is 5.56 Å². The zero-order valence-electron chi connectivity index (χ0n) is 9.02. The maximum atomic E-state index is 11.6. The van der Waals surface area contributed by atoms with E-state index in [2.05, 4.69) is 4.98 Å². The van der Waals surface area contributed by atoms with Gasteiger partial charge in [0.2, 0.25) is 0 Å². The molecule has 5 nitrogen and oxygen atoms in total. The van der Waals surface area contributed by atoms with Gasteiger partial charge in [-0.25, -0.2) is 4.98 Å². The molecular weight excluding hydrogens is 196 g/mol. The molecule has 0 amide bonds. The lowest BCUT2D eigenvalue weighted by Gasteiger charge is -2.09. The summed E-state index contributed by atoms with van der Waals surface area (Å²) in [6.45, 7) is 5.16. The van der Waals surface area contributed by atoms with Crippen molar-refractivity contribution < 1.29 is 9.90 Å². The topological polar surface area (TPSA) is 72.2 Å². The molecule has 0 aliphatic rings. The molecule has 82 valence electrons. The molecule has 5 heteroatoms. The van der Waals surface area contributed by atoms with Gasteiger partial charge in [-0.05, 0) is 12.8 Å². The van der Waals surface area contributed by atoms with E-state index in [1.54, 1.807) is 6.92 Å². The third-order valence-electron chi connectivity index (χ3n) is 2.10. The fourth-order valence-electron chi connectivity index (χ4n) is 1.27. The van der Waals surface area contributed by atoms with Gasteiger partial charge >= 0.3 is 5.97 Å². The van der Waals surface area contributed by atoms with Crippen LogP contribution in [0.5, 0.6) is 0 Å². The Labute approximate surface area is 87.4 Å². The molecule has 1 rings (SSSR count). The Morgan fingerprint density at radius 2 is 2.20 bits per heavy atom. The average Bonchev–Trinajstić information content (AvgIpc) is 2.10. The zero-order chi connectivity index (χ0) is 11.6. The van der Waals surface area contributed by atoms with Crippen molar-refractivity contribution in [2.45, 2.75) is 33.2 Å². The van der Waals surface area contributed by atoms with Crippen LogP contribution in [-0.4, -0.2) is 20.6 Å². The molecule has 0 saturated carbocycles. The highest BCUT2D eigenvalue weighted by Gasteiger charge is 2.09. The molecule has 15 heavy (non-hydrogen) atoms. The quantitative estimate of drug-likeness (QED) is 0.799. The Hall–Kier alpha value is -1.65. The molecule has 0 radical (unpaired) electrons. The molecule has 0 aromatic carbocycles. The van der Waals surface area contributed by atoms with Crippen LogP contribution in [0.1, 0.15) is 31.3 Å². The molecule has 0 unspecified atom stereocenters. The van der Waals surface area contributed by atoms with Gasteiger partial charge in [0.1, 0.15) is 12.4 Å². The number of aryl methyl sites for hydroxylation is 1. The van der Waals surface area contributed by atoms with Crippen LogP contribution in [0.15, 0.2) is 10.9 Å². The number of hydrogen-bond acceptors (Lipinski definition) is 3. The number of carboxylic acids is 1. The Balaban J connectivity index is 3.21. The lowest BCUT2D eigenvalue weighted by Crippen LogP contribution is -2.27. The number of carbonyl (C=O) groups is 1. The second-order valence-corrected chi connectivity index (χ2v) is 3.70. The fourth-order valence-corrected chi connectivity index (χ4v) is 1.27. The van der Waals surface area contributed by atoms with Gasteiger partial charge < -0.3 is 5.11 Å². The molecule has 0 saturated heterocycles. The average molecular weight is 210 g/mol. The monoisotopic (exact) mass is 210 g/mol. The van der Waals surface area contributed by atoms with E-state index < -0.39 is 5.97 Å². The van der Waals surface area contributed by atoms with E-state index in [-0.39, 0.29) is 18.0 Å². The van der Waals surface area contributed by atoms with Crippen LogP contribution in [-0.2, 0) is 11.3 Å². The molecule has 0 bridgehead atoms. The standard InChI is InChI=1S/C10H14N2O3/c1-6(2)8-4-9(13)12(5-10(14)15)7(3)11-8/h4,6H,5H2,1-3H3,(H,14,15). The van der Waals surface area contributed by atoms with E-state index in [1.165, 1.54) is 6.07 Å². The molecule has 1 aromatic rings. The molecule has 1 N–H and O–H groups in total. The Morgan fingerprint density at radius 3 is 2.60 bits per heavy atom. The first kappa shape index (κ1) is 11.4. The van der Waals surface area contributed by atoms with Crippen molar-refractivity contribution in [1.82, 2.24) is 9.55 Å². The highest BCUT2D eigenvalue weighted by molar-refractivity contribution is 5.66. The summed E-state index contributed by atoms with van der Waals surface area (Å²) in [7, 11) is 0. The predicted molar refractivity (Wildman–Crippen MR) is 55.0 cm³/mol. The molecule has 1 aromatic heterocycles. The minimum absolute atomic E-state index is 0.163. The van der Waals surface area contributed by atoms with Gasteiger partial charge in [-0.1, -0.05) is 13.8 Å². The van der Waals surface area contributed by atoms with Crippen LogP contribution >= 0.6 is 0 Å². The summed E-state index contributed by atoms with van der Waals surface area (Å²) in [6.07, 6.45) is 0. The van der Waals surface area contributed by atoms with Gasteiger partial charge in [-0.15, -0.1) is 0 Å². The molecule has 0 fully saturated rings. The fraction of sp³-hybridized carbons (Fsp3) is 0.500. The molecule has 1 heterocycles. The van der Waals surface area contributed by atoms with Gasteiger partial charge in [-0.2, -0.15) is 0 Å². The summed E-state index contributed by atoms with van der Waals surface area (Å²) in [4.78, 5) is 26.3. The summed E-state index contributed by atoms with van der Waals surface area (Å²) in [6, 6.07) is 1.39. The van der Waals surface area contributed by atoms with Crippen molar-refractivity contribution in [3.63, 3.8) is 0 Å². The molecular formula is C10H14N2O3. The SMILES string of the molecule is Cc1nc(C(C)C)cc(=O)n1CC(=O)O. The van der Waals surface area contributed by atoms with Crippen LogP contribution in [0, 0.1) is 6.92 Å². The Morgan fingerprint density at radius 1 is 1.60 bits per heavy atom. The molecule has 0 aliphatic heterocycles. The van der Waals surface area contributed by atoms with Gasteiger partial charge in [0.15, 0.2) is 0 Å². The first-order chi connectivity index (χ1) is 6.91. The van der Waals surface area contributed by atoms with E-state index in [1.807, 2.05) is 13.8 Å². The smallest absolute Gasteiger partial charge is 0.323 e. The number of aliphatic carboxylic acids is 1. The van der Waals surface area contributed by atoms with Crippen molar-refractivity contribution in [1.29, 1.82) is 0 Å². The van der Waals surface area contributed by atoms with Crippen LogP contribution in [0.25, 0.3) is 0 Å². The predicted octanol–water partition coefficient (Wildman–Crippen LogP) is 0.760. The van der Waals surface area contributed by atoms with Crippen molar-refractivity contribution >= 4 is 5.97 Å². The largest absolute Gasteiger partial charge is 0.480 e. The molecule has 0 atom stereocenters. The summed E-state index contributed by atoms with van der Waals surface area (Å²) >= 11 is 0. The van der Waals surface area contributed by atoms with Crippen molar-refractivity contribution in [2.75, 3.05) is 0 Å². The lowest BCUT2D eigenvalue weighted by atomic mass is 10.1. The Kier molecular flexibility index (Phi) is 3.24. The minimum Gasteiger partial charge on any atom is -0.480 e. The maximum Gasteiger partial charge on any atom is 0.323 e.